The number of hydrogen-bond donors (Lipinski definition) is 1. The molecular weight excluding hydrogens is 248 g/mol. The van der Waals surface area contributed by atoms with Gasteiger partial charge in [-0.15, -0.1) is 0 Å². The van der Waals surface area contributed by atoms with Gasteiger partial charge < -0.3 is 15.0 Å². The van der Waals surface area contributed by atoms with Crippen molar-refractivity contribution in [3.05, 3.63) is 29.8 Å². The second-order valence-corrected chi connectivity index (χ2v) is 6.38. The molecule has 1 aromatic carbocycles. The summed E-state index contributed by atoms with van der Waals surface area (Å²) >= 11 is 0. The summed E-state index contributed by atoms with van der Waals surface area (Å²) in [7, 11) is 0. The molecule has 0 spiro atoms. The minimum Gasteiger partial charge on any atom is -0.493 e. The van der Waals surface area contributed by atoms with Gasteiger partial charge in [-0.1, -0.05) is 18.2 Å². The van der Waals surface area contributed by atoms with Gasteiger partial charge in [0.25, 0.3) is 0 Å². The second-order valence-electron chi connectivity index (χ2n) is 6.38. The third-order valence-electron chi connectivity index (χ3n) is 4.66. The van der Waals surface area contributed by atoms with Crippen molar-refractivity contribution >= 4 is 0 Å². The highest BCUT2D eigenvalue weighted by atomic mass is 16.5. The van der Waals surface area contributed by atoms with Gasteiger partial charge in [0.1, 0.15) is 5.75 Å². The normalized spacial score (nSPS) is 26.6. The summed E-state index contributed by atoms with van der Waals surface area (Å²) in [5.74, 6) is 1.86. The SMILES string of the molecule is CC(C)N1CCC(CNC2CCOc3ccccc32)C1. The molecule has 20 heavy (non-hydrogen) atoms. The summed E-state index contributed by atoms with van der Waals surface area (Å²) in [5, 5.41) is 3.77. The van der Waals surface area contributed by atoms with E-state index < -0.39 is 0 Å². The maximum Gasteiger partial charge on any atom is 0.124 e. The topological polar surface area (TPSA) is 24.5 Å². The fraction of sp³-hybridized carbons (Fsp3) is 0.647. The van der Waals surface area contributed by atoms with Crippen molar-refractivity contribution in [2.24, 2.45) is 5.92 Å². The number of hydrogen-bond acceptors (Lipinski definition) is 3. The zero-order valence-corrected chi connectivity index (χ0v) is 12.6. The molecule has 0 aliphatic carbocycles. The van der Waals surface area contributed by atoms with E-state index in [-0.39, 0.29) is 0 Å². The molecule has 3 heteroatoms. The highest BCUT2D eigenvalue weighted by molar-refractivity contribution is 5.37. The molecule has 1 aromatic rings. The lowest BCUT2D eigenvalue weighted by atomic mass is 9.99. The second kappa shape index (κ2) is 6.15. The van der Waals surface area contributed by atoms with Gasteiger partial charge in [-0.2, -0.15) is 0 Å². The summed E-state index contributed by atoms with van der Waals surface area (Å²) in [6, 6.07) is 9.59. The number of nitrogens with one attached hydrogen (secondary N) is 1. The fourth-order valence-electron chi connectivity index (χ4n) is 3.36. The third-order valence-corrected chi connectivity index (χ3v) is 4.66. The molecule has 0 bridgehead atoms. The summed E-state index contributed by atoms with van der Waals surface area (Å²) in [6.45, 7) is 9.05. The summed E-state index contributed by atoms with van der Waals surface area (Å²) in [5.41, 5.74) is 1.33. The third kappa shape index (κ3) is 2.99. The lowest BCUT2D eigenvalue weighted by molar-refractivity contribution is 0.242. The Morgan fingerprint density at radius 1 is 1.30 bits per heavy atom. The van der Waals surface area contributed by atoms with E-state index >= 15 is 0 Å². The Hall–Kier alpha value is -1.06. The number of nitrogens with zero attached hydrogens (tertiary/aromatic N) is 1. The van der Waals surface area contributed by atoms with Crippen LogP contribution >= 0.6 is 0 Å². The van der Waals surface area contributed by atoms with Crippen molar-refractivity contribution in [2.75, 3.05) is 26.2 Å². The molecule has 3 nitrogen and oxygen atoms in total. The van der Waals surface area contributed by atoms with Crippen molar-refractivity contribution < 1.29 is 4.74 Å². The lowest BCUT2D eigenvalue weighted by Crippen LogP contribution is -2.33. The van der Waals surface area contributed by atoms with E-state index in [1.807, 2.05) is 0 Å². The van der Waals surface area contributed by atoms with Crippen LogP contribution in [0.15, 0.2) is 24.3 Å². The highest BCUT2D eigenvalue weighted by Crippen LogP contribution is 2.31. The Bertz CT molecular complexity index is 446. The van der Waals surface area contributed by atoms with E-state index in [1.54, 1.807) is 0 Å². The van der Waals surface area contributed by atoms with E-state index in [2.05, 4.69) is 48.3 Å². The predicted octanol–water partition coefficient (Wildman–Crippen LogP) is 2.83. The number of para-hydroxylation sites is 1. The molecule has 0 aromatic heterocycles. The first kappa shape index (κ1) is 13.9. The van der Waals surface area contributed by atoms with Crippen LogP contribution in [-0.2, 0) is 0 Å². The average molecular weight is 274 g/mol. The van der Waals surface area contributed by atoms with Gasteiger partial charge in [0.15, 0.2) is 0 Å². The number of likely N-dealkylation sites (tertiary alicyclic amines) is 1. The summed E-state index contributed by atoms with van der Waals surface area (Å²) in [4.78, 5) is 2.59. The molecular formula is C17H26N2O. The molecule has 1 fully saturated rings. The van der Waals surface area contributed by atoms with E-state index in [9.17, 15) is 0 Å². The van der Waals surface area contributed by atoms with E-state index in [0.717, 1.165) is 31.2 Å². The number of fused-ring (bicyclic) bond motifs is 1. The molecule has 110 valence electrons. The minimum atomic E-state index is 0.466. The van der Waals surface area contributed by atoms with Crippen LogP contribution < -0.4 is 10.1 Å². The number of ether oxygens (including phenoxy) is 1. The standard InChI is InChI=1S/C17H26N2O/c1-13(2)19-9-7-14(12-19)11-18-16-8-10-20-17-6-4-3-5-15(16)17/h3-6,13-14,16,18H,7-12H2,1-2H3. The minimum absolute atomic E-state index is 0.466. The molecule has 1 N–H and O–H groups in total. The molecule has 2 unspecified atom stereocenters. The van der Waals surface area contributed by atoms with Crippen molar-refractivity contribution in [3.63, 3.8) is 0 Å². The zero-order chi connectivity index (χ0) is 13.9. The summed E-state index contributed by atoms with van der Waals surface area (Å²) < 4.78 is 5.73. The summed E-state index contributed by atoms with van der Waals surface area (Å²) in [6.07, 6.45) is 2.41. The van der Waals surface area contributed by atoms with Crippen LogP contribution in [0.5, 0.6) is 5.75 Å². The van der Waals surface area contributed by atoms with Gasteiger partial charge in [0.2, 0.25) is 0 Å². The van der Waals surface area contributed by atoms with Crippen LogP contribution in [0, 0.1) is 5.92 Å². The first-order valence-corrected chi connectivity index (χ1v) is 7.93. The van der Waals surface area contributed by atoms with Gasteiger partial charge in [-0.25, -0.2) is 0 Å². The largest absolute Gasteiger partial charge is 0.493 e. The Kier molecular flexibility index (Phi) is 4.27. The molecule has 1 saturated heterocycles. The van der Waals surface area contributed by atoms with Crippen molar-refractivity contribution in [1.29, 1.82) is 0 Å². The predicted molar refractivity (Wildman–Crippen MR) is 82.1 cm³/mol. The van der Waals surface area contributed by atoms with Crippen LogP contribution in [0.4, 0.5) is 0 Å². The molecule has 0 saturated carbocycles. The van der Waals surface area contributed by atoms with Gasteiger partial charge in [0.05, 0.1) is 6.61 Å². The van der Waals surface area contributed by atoms with Crippen LogP contribution in [0.1, 0.15) is 38.3 Å². The molecule has 3 rings (SSSR count). The van der Waals surface area contributed by atoms with Crippen LogP contribution in [-0.4, -0.2) is 37.2 Å². The first-order valence-electron chi connectivity index (χ1n) is 7.93. The fourth-order valence-corrected chi connectivity index (χ4v) is 3.36. The molecule has 2 aliphatic rings. The number of benzene rings is 1. The maximum absolute atomic E-state index is 5.73. The Morgan fingerprint density at radius 2 is 2.15 bits per heavy atom. The smallest absolute Gasteiger partial charge is 0.124 e. The van der Waals surface area contributed by atoms with E-state index in [0.29, 0.717) is 12.1 Å². The maximum atomic E-state index is 5.73. The van der Waals surface area contributed by atoms with Crippen LogP contribution in [0.3, 0.4) is 0 Å². The quantitative estimate of drug-likeness (QED) is 0.913. The highest BCUT2D eigenvalue weighted by Gasteiger charge is 2.26. The van der Waals surface area contributed by atoms with Gasteiger partial charge in [-0.3, -0.25) is 0 Å². The lowest BCUT2D eigenvalue weighted by Gasteiger charge is -2.28. The molecule has 0 radical (unpaired) electrons. The van der Waals surface area contributed by atoms with Gasteiger partial charge in [-0.05, 0) is 45.3 Å². The van der Waals surface area contributed by atoms with Gasteiger partial charge >= 0.3 is 0 Å². The first-order chi connectivity index (χ1) is 9.74. The van der Waals surface area contributed by atoms with Gasteiger partial charge in [0, 0.05) is 30.6 Å². The Morgan fingerprint density at radius 3 is 2.95 bits per heavy atom. The Labute approximate surface area is 122 Å². The van der Waals surface area contributed by atoms with E-state index in [4.69, 9.17) is 4.74 Å². The van der Waals surface area contributed by atoms with Crippen LogP contribution in [0.25, 0.3) is 0 Å². The van der Waals surface area contributed by atoms with Crippen molar-refractivity contribution in [1.82, 2.24) is 10.2 Å². The number of rotatable bonds is 4. The molecule has 2 atom stereocenters. The van der Waals surface area contributed by atoms with Crippen LogP contribution in [0.2, 0.25) is 0 Å². The zero-order valence-electron chi connectivity index (χ0n) is 12.6. The Balaban J connectivity index is 1.55. The average Bonchev–Trinajstić information content (AvgIpc) is 2.94. The molecule has 2 heterocycles. The van der Waals surface area contributed by atoms with Crippen molar-refractivity contribution in [3.8, 4) is 5.75 Å². The monoisotopic (exact) mass is 274 g/mol. The molecule has 2 aliphatic heterocycles. The molecule has 0 amide bonds. The van der Waals surface area contributed by atoms with Crippen molar-refractivity contribution in [2.45, 2.75) is 38.8 Å². The van der Waals surface area contributed by atoms with E-state index in [1.165, 1.54) is 25.1 Å².